The minimum Gasteiger partial charge on any atom is -0.480 e. The third kappa shape index (κ3) is 30.8. The maximum absolute atomic E-state index is 15.3. The van der Waals surface area contributed by atoms with Crippen LogP contribution in [0, 0.1) is 0 Å². The van der Waals surface area contributed by atoms with E-state index < -0.39 is 193 Å². The number of fused-ring (bicyclic) bond motifs is 1. The van der Waals surface area contributed by atoms with E-state index in [4.69, 9.17) is 17.2 Å². The van der Waals surface area contributed by atoms with E-state index in [1.165, 1.54) is 6.92 Å². The number of para-hydroxylation sites is 1. The first-order valence-corrected chi connectivity index (χ1v) is 38.0. The van der Waals surface area contributed by atoms with Crippen LogP contribution in [0.5, 0.6) is 0 Å². The van der Waals surface area contributed by atoms with Crippen LogP contribution in [0.4, 0.5) is 0 Å². The number of rotatable bonds is 49. The van der Waals surface area contributed by atoms with E-state index in [2.05, 4.69) is 99.4 Å². The second kappa shape index (κ2) is 48.4. The number of aliphatic carboxylic acids is 1. The topological polar surface area (TPSA) is 590 Å². The predicted molar refractivity (Wildman–Crippen MR) is 421 cm³/mol. The Morgan fingerprint density at radius 1 is 0.398 bits per heavy atom. The third-order valence-electron chi connectivity index (χ3n) is 17.9. The SMILES string of the molecule is CC(O)[C@H](NC(=O)[C@H](CCCCN)NC(=O)[C@@H](Cc1c[nH]c2ccccc12)NC(=O)[C@H](Cc1ccccc1)NC(=O)[C@H](Cc1ccccc1)NC(=O)[C@H](C)NC(=O)[C@H](CCCCN)NC(=O)[C@H](CS)NC(=O)CNC(=O)[C@H](N)CO)C(=O)N[C@H](Cc1ccccc1)C(=O)N[C@H](C(=O)N[C@@H](CO)C(=O)N[C@H](CS)C(=O)O)C(C)O. The van der Waals surface area contributed by atoms with Gasteiger partial charge in [0.05, 0.1) is 32.0 Å². The first-order valence-electron chi connectivity index (χ1n) is 36.7. The van der Waals surface area contributed by atoms with E-state index in [0.29, 0.717) is 52.4 Å². The second-order valence-corrected chi connectivity index (χ2v) is 27.6. The molecule has 5 rings (SSSR count). The number of benzene rings is 4. The number of carbonyl (C=O) groups excluding carboxylic acids is 13. The summed E-state index contributed by atoms with van der Waals surface area (Å²) in [6.45, 7) is 1.60. The van der Waals surface area contributed by atoms with Crippen molar-refractivity contribution >= 4 is 119 Å². The smallest absolute Gasteiger partial charge is 0.327 e. The summed E-state index contributed by atoms with van der Waals surface area (Å²) in [5, 5.41) is 83.7. The van der Waals surface area contributed by atoms with Crippen molar-refractivity contribution < 1.29 is 92.7 Å². The zero-order valence-corrected chi connectivity index (χ0v) is 64.6. The first kappa shape index (κ1) is 93.0. The molecule has 0 spiro atoms. The van der Waals surface area contributed by atoms with Gasteiger partial charge in [-0.1, -0.05) is 109 Å². The molecule has 616 valence electrons. The van der Waals surface area contributed by atoms with Gasteiger partial charge in [-0.25, -0.2) is 4.79 Å². The van der Waals surface area contributed by atoms with Gasteiger partial charge in [-0.05, 0) is 101 Å². The van der Waals surface area contributed by atoms with Crippen molar-refractivity contribution in [1.82, 2.24) is 74.1 Å². The lowest BCUT2D eigenvalue weighted by molar-refractivity contribution is -0.142. The monoisotopic (exact) mass is 1610 g/mol. The molecule has 25 N–H and O–H groups in total. The number of unbranched alkanes of at least 4 members (excludes halogenated alkanes) is 2. The number of aromatic amines is 1. The molecule has 0 aliphatic heterocycles. The van der Waals surface area contributed by atoms with Crippen LogP contribution in [-0.4, -0.2) is 248 Å². The standard InChI is InChI=1S/C75H105N17O19S2/c1-41(81-65(100)51(27-15-17-29-76)84-72(107)58(39-112)82-60(97)36-80-64(99)49(78)37-93)63(98)85-53(31-44-19-7-4-8-20-44)67(102)86-54(32-45-21-9-5-10-22-45)68(103)87-56(34-47-35-79-50-26-14-13-25-48(47)50)69(104)83-52(28-16-18-30-77)66(101)91-61(42(2)95)73(108)88-55(33-46-23-11-6-12-24-46)70(105)92-62(43(3)96)74(109)89-57(38-94)71(106)90-59(40-113)75(110)111/h4-14,19-26,35,41-43,49,51-59,61-62,79,93-96,112-113H,15-18,27-34,36-40,76-78H2,1-3H3,(H,80,99)(H,81,100)(H,82,97)(H,83,104)(H,84,107)(H,85,98)(H,86,102)(H,87,103)(H,88,108)(H,89,109)(H,90,106)(H,91,101)(H,92,105)(H,110,111)/t41-,42?,43?,49+,51-,52-,53-,54-,55+,56+,57-,58-,59+,61-,62-/m0/s1. The van der Waals surface area contributed by atoms with Crippen molar-refractivity contribution in [2.75, 3.05) is 44.4 Å². The number of carboxylic acids is 1. The van der Waals surface area contributed by atoms with Crippen LogP contribution >= 0.6 is 25.3 Å². The summed E-state index contributed by atoms with van der Waals surface area (Å²) < 4.78 is 0. The molecule has 0 saturated carbocycles. The van der Waals surface area contributed by atoms with Crippen LogP contribution in [0.15, 0.2) is 121 Å². The zero-order chi connectivity index (χ0) is 83.3. The van der Waals surface area contributed by atoms with Crippen molar-refractivity contribution in [3.8, 4) is 0 Å². The number of nitrogens with one attached hydrogen (secondary N) is 14. The summed E-state index contributed by atoms with van der Waals surface area (Å²) in [5.74, 6) is -14.8. The molecular weight excluding hydrogens is 1510 g/mol. The number of hydrogen-bond acceptors (Lipinski definition) is 23. The molecule has 0 aliphatic rings. The van der Waals surface area contributed by atoms with Crippen molar-refractivity contribution in [3.63, 3.8) is 0 Å². The molecule has 0 aliphatic carbocycles. The lowest BCUT2D eigenvalue weighted by Crippen LogP contribution is -2.63. The van der Waals surface area contributed by atoms with Crippen LogP contribution in [-0.2, 0) is 92.8 Å². The third-order valence-corrected chi connectivity index (χ3v) is 18.6. The van der Waals surface area contributed by atoms with E-state index in [9.17, 15) is 78.3 Å². The highest BCUT2D eigenvalue weighted by Crippen LogP contribution is 2.21. The molecule has 38 heteroatoms. The maximum atomic E-state index is 15.3. The summed E-state index contributed by atoms with van der Waals surface area (Å²) >= 11 is 8.08. The van der Waals surface area contributed by atoms with E-state index in [0.717, 1.165) is 13.8 Å². The number of carbonyl (C=O) groups is 14. The highest BCUT2D eigenvalue weighted by atomic mass is 32.1. The summed E-state index contributed by atoms with van der Waals surface area (Å²) in [5.41, 5.74) is 19.8. The number of hydrogen-bond donors (Lipinski definition) is 24. The number of nitrogens with two attached hydrogens (primary N) is 3. The molecule has 5 aromatic rings. The Morgan fingerprint density at radius 3 is 1.19 bits per heavy atom. The Morgan fingerprint density at radius 2 is 0.761 bits per heavy atom. The average molecular weight is 1610 g/mol. The summed E-state index contributed by atoms with van der Waals surface area (Å²) in [6.07, 6.45) is -1.63. The fraction of sp³-hybridized carbons (Fsp3) is 0.467. The zero-order valence-electron chi connectivity index (χ0n) is 62.8. The second-order valence-electron chi connectivity index (χ2n) is 26.9. The lowest BCUT2D eigenvalue weighted by atomic mass is 10.00. The van der Waals surface area contributed by atoms with E-state index in [1.54, 1.807) is 121 Å². The molecular formula is C75H105N17O19S2. The molecule has 2 unspecified atom stereocenters. The molecule has 0 bridgehead atoms. The van der Waals surface area contributed by atoms with Crippen molar-refractivity contribution in [1.29, 1.82) is 0 Å². The number of thiol groups is 2. The maximum Gasteiger partial charge on any atom is 0.327 e. The molecule has 36 nitrogen and oxygen atoms in total. The highest BCUT2D eigenvalue weighted by Gasteiger charge is 2.39. The summed E-state index contributed by atoms with van der Waals surface area (Å²) in [6, 6.07) is 11.9. The van der Waals surface area contributed by atoms with E-state index >= 15 is 14.4 Å². The van der Waals surface area contributed by atoms with Gasteiger partial charge in [0, 0.05) is 54.3 Å². The van der Waals surface area contributed by atoms with Gasteiger partial charge >= 0.3 is 5.97 Å². The van der Waals surface area contributed by atoms with Gasteiger partial charge in [-0.2, -0.15) is 25.3 Å². The quantitative estimate of drug-likeness (QED) is 0.0128. The van der Waals surface area contributed by atoms with Gasteiger partial charge in [0.1, 0.15) is 78.5 Å². The largest absolute Gasteiger partial charge is 0.480 e. The average Bonchev–Trinajstić information content (AvgIpc) is 1.74. The molecule has 0 fully saturated rings. The van der Waals surface area contributed by atoms with Gasteiger partial charge in [0.2, 0.25) is 76.8 Å². The molecule has 13 amide bonds. The van der Waals surface area contributed by atoms with Crippen LogP contribution < -0.4 is 86.3 Å². The van der Waals surface area contributed by atoms with E-state index in [1.807, 2.05) is 0 Å². The number of aliphatic hydroxyl groups is 4. The molecule has 1 aromatic heterocycles. The van der Waals surface area contributed by atoms with Gasteiger partial charge in [-0.15, -0.1) is 0 Å². The van der Waals surface area contributed by atoms with Crippen LogP contribution in [0.25, 0.3) is 10.9 Å². The normalized spacial score (nSPS) is 15.2. The lowest BCUT2D eigenvalue weighted by Gasteiger charge is -2.29. The summed E-state index contributed by atoms with van der Waals surface area (Å²) in [4.78, 5) is 198. The molecule has 0 saturated heterocycles. The van der Waals surface area contributed by atoms with Gasteiger partial charge in [0.15, 0.2) is 0 Å². The Balaban J connectivity index is 1.44. The van der Waals surface area contributed by atoms with Crippen LogP contribution in [0.3, 0.4) is 0 Å². The van der Waals surface area contributed by atoms with Gasteiger partial charge in [-0.3, -0.25) is 62.3 Å². The highest BCUT2D eigenvalue weighted by molar-refractivity contribution is 7.80. The Hall–Kier alpha value is -10.6. The van der Waals surface area contributed by atoms with Gasteiger partial charge in [0.25, 0.3) is 0 Å². The first-order chi connectivity index (χ1) is 53.9. The van der Waals surface area contributed by atoms with Crippen molar-refractivity contribution in [2.24, 2.45) is 17.2 Å². The molecule has 15 atom stereocenters. The minimum atomic E-state index is -1.89. The van der Waals surface area contributed by atoms with E-state index in [-0.39, 0.29) is 69.5 Å². The number of carboxylic acid groups (broad SMARTS) is 1. The molecule has 0 radical (unpaired) electrons. The molecule has 1 heterocycles. The Kier molecular flexibility index (Phi) is 39.8. The Bertz CT molecular complexity index is 3980. The van der Waals surface area contributed by atoms with Crippen LogP contribution in [0.2, 0.25) is 0 Å². The fourth-order valence-electron chi connectivity index (χ4n) is 11.5. The molecule has 113 heavy (non-hydrogen) atoms. The Labute approximate surface area is 663 Å². The summed E-state index contributed by atoms with van der Waals surface area (Å²) in [7, 11) is 0. The molecule has 4 aromatic carbocycles. The van der Waals surface area contributed by atoms with Crippen LogP contribution in [0.1, 0.15) is 81.5 Å². The number of H-pyrrole nitrogens is 1. The minimum absolute atomic E-state index is 0.0142. The van der Waals surface area contributed by atoms with Crippen molar-refractivity contribution in [2.45, 2.75) is 176 Å². The number of aromatic nitrogens is 1. The van der Waals surface area contributed by atoms with Crippen molar-refractivity contribution in [3.05, 3.63) is 144 Å². The van der Waals surface area contributed by atoms with Gasteiger partial charge < -0.3 is 117 Å². The number of amides is 13. The predicted octanol–water partition coefficient (Wildman–Crippen LogP) is -5.33. The number of aliphatic hydroxyl groups excluding tert-OH is 4. The fourth-order valence-corrected chi connectivity index (χ4v) is 12.0.